The van der Waals surface area contributed by atoms with Crippen LogP contribution in [0.4, 0.5) is 0 Å². The van der Waals surface area contributed by atoms with Crippen molar-refractivity contribution in [2.45, 2.75) is 0 Å². The monoisotopic (exact) mass is 713 g/mol. The van der Waals surface area contributed by atoms with E-state index in [9.17, 15) is 0 Å². The highest BCUT2D eigenvalue weighted by Gasteiger charge is 2.11. The first-order valence-corrected chi connectivity index (χ1v) is 18.7. The van der Waals surface area contributed by atoms with Crippen molar-refractivity contribution < 1.29 is 0 Å². The molecular formula is C51H31N5. The zero-order valence-electron chi connectivity index (χ0n) is 30.1. The molecule has 5 aromatic heterocycles. The first kappa shape index (κ1) is 31.9. The zero-order chi connectivity index (χ0) is 37.0. The summed E-state index contributed by atoms with van der Waals surface area (Å²) < 4.78 is 0. The van der Waals surface area contributed by atoms with Gasteiger partial charge in [0.2, 0.25) is 0 Å². The van der Waals surface area contributed by atoms with Crippen LogP contribution in [0.15, 0.2) is 188 Å². The van der Waals surface area contributed by atoms with Crippen LogP contribution in [0.5, 0.6) is 0 Å². The molecule has 0 aliphatic rings. The van der Waals surface area contributed by atoms with E-state index in [0.717, 1.165) is 111 Å². The number of rotatable bonds is 5. The SMILES string of the molecule is c1ccc(-c2ccc3ccc4ccc(-c5ccc(-c6ccc7ccc(-c8ccc9ccc(-c%10cnc%11ccccc%11c%10)nc9c8)cc7n6)cc5)nc4c3n2)cc1. The maximum atomic E-state index is 5.15. The molecule has 5 heteroatoms. The minimum absolute atomic E-state index is 0.902. The fraction of sp³-hybridized carbons (Fsp3) is 0. The highest BCUT2D eigenvalue weighted by molar-refractivity contribution is 6.04. The Morgan fingerprint density at radius 2 is 0.679 bits per heavy atom. The molecule has 0 saturated heterocycles. The van der Waals surface area contributed by atoms with Crippen LogP contribution in [0.3, 0.4) is 0 Å². The van der Waals surface area contributed by atoms with E-state index in [2.05, 4.69) is 151 Å². The molecule has 0 aliphatic heterocycles. The van der Waals surface area contributed by atoms with E-state index in [1.165, 1.54) is 0 Å². The van der Waals surface area contributed by atoms with E-state index >= 15 is 0 Å². The highest BCUT2D eigenvalue weighted by Crippen LogP contribution is 2.32. The number of para-hydroxylation sites is 1. The van der Waals surface area contributed by atoms with Crippen LogP contribution in [-0.2, 0) is 0 Å². The Balaban J connectivity index is 0.898. The van der Waals surface area contributed by atoms with Crippen LogP contribution >= 0.6 is 0 Å². The number of pyridine rings is 5. The van der Waals surface area contributed by atoms with E-state index in [1.54, 1.807) is 0 Å². The lowest BCUT2D eigenvalue weighted by molar-refractivity contribution is 1.35. The van der Waals surface area contributed by atoms with Gasteiger partial charge < -0.3 is 0 Å². The predicted octanol–water partition coefficient (Wildman–Crippen LogP) is 12.8. The van der Waals surface area contributed by atoms with Crippen molar-refractivity contribution in [2.75, 3.05) is 0 Å². The fourth-order valence-electron chi connectivity index (χ4n) is 7.64. The number of fused-ring (bicyclic) bond motifs is 6. The Labute approximate surface area is 322 Å². The summed E-state index contributed by atoms with van der Waals surface area (Å²) in [6.45, 7) is 0. The van der Waals surface area contributed by atoms with Crippen molar-refractivity contribution in [1.82, 2.24) is 24.9 Å². The van der Waals surface area contributed by atoms with Crippen LogP contribution in [-0.4, -0.2) is 24.9 Å². The smallest absolute Gasteiger partial charge is 0.0972 e. The molecule has 0 unspecified atom stereocenters. The number of aromatic nitrogens is 5. The second-order valence-electron chi connectivity index (χ2n) is 14.2. The molecule has 260 valence electrons. The van der Waals surface area contributed by atoms with Gasteiger partial charge >= 0.3 is 0 Å². The van der Waals surface area contributed by atoms with E-state index in [0.29, 0.717) is 0 Å². The van der Waals surface area contributed by atoms with Gasteiger partial charge in [0.1, 0.15) is 0 Å². The summed E-state index contributed by atoms with van der Waals surface area (Å²) in [7, 11) is 0. The van der Waals surface area contributed by atoms with Gasteiger partial charge in [-0.2, -0.15) is 0 Å². The van der Waals surface area contributed by atoms with Gasteiger partial charge in [-0.05, 0) is 59.7 Å². The van der Waals surface area contributed by atoms with Gasteiger partial charge in [-0.3, -0.25) is 4.98 Å². The van der Waals surface area contributed by atoms with Crippen LogP contribution in [0.2, 0.25) is 0 Å². The summed E-state index contributed by atoms with van der Waals surface area (Å²) in [5.74, 6) is 0. The fourth-order valence-corrected chi connectivity index (χ4v) is 7.64. The molecule has 0 aliphatic carbocycles. The largest absolute Gasteiger partial charge is 0.256 e. The molecule has 0 N–H and O–H groups in total. The standard InChI is InChI=1S/C51H31N5/c1-2-6-32(7-3-1)45-26-22-37-16-17-38-23-27-46(56-51(38)50(37)55-45)34-12-10-33(11-13-34)44-24-20-35-14-18-39(29-48(35)53-44)40-19-15-36-21-25-47(54-49(36)30-40)42-28-41-8-4-5-9-43(41)52-31-42/h1-31H. The Hall–Kier alpha value is -7.63. The topological polar surface area (TPSA) is 64.5 Å². The summed E-state index contributed by atoms with van der Waals surface area (Å²) in [6.07, 6.45) is 1.90. The molecule has 11 aromatic rings. The van der Waals surface area contributed by atoms with Crippen molar-refractivity contribution in [3.63, 3.8) is 0 Å². The van der Waals surface area contributed by atoms with Gasteiger partial charge in [0, 0.05) is 55.4 Å². The van der Waals surface area contributed by atoms with Crippen LogP contribution < -0.4 is 0 Å². The summed E-state index contributed by atoms with van der Waals surface area (Å²) in [5, 5.41) is 5.43. The van der Waals surface area contributed by atoms with Crippen molar-refractivity contribution in [1.29, 1.82) is 0 Å². The van der Waals surface area contributed by atoms with Crippen molar-refractivity contribution in [2.24, 2.45) is 0 Å². The molecule has 0 amide bonds. The van der Waals surface area contributed by atoms with E-state index < -0.39 is 0 Å². The second kappa shape index (κ2) is 13.0. The normalized spacial score (nSPS) is 11.6. The van der Waals surface area contributed by atoms with Crippen LogP contribution in [0, 0.1) is 0 Å². The van der Waals surface area contributed by atoms with Crippen molar-refractivity contribution >= 4 is 54.5 Å². The van der Waals surface area contributed by atoms with Gasteiger partial charge in [0.25, 0.3) is 0 Å². The first-order chi connectivity index (χ1) is 27.7. The maximum Gasteiger partial charge on any atom is 0.0972 e. The number of nitrogens with zero attached hydrogens (tertiary/aromatic N) is 5. The minimum atomic E-state index is 0.902. The molecular weight excluding hydrogens is 683 g/mol. The quantitative estimate of drug-likeness (QED) is 0.166. The highest BCUT2D eigenvalue weighted by atomic mass is 14.8. The van der Waals surface area contributed by atoms with Crippen molar-refractivity contribution in [3.05, 3.63) is 188 Å². The molecule has 0 fully saturated rings. The van der Waals surface area contributed by atoms with Crippen molar-refractivity contribution in [3.8, 4) is 56.2 Å². The second-order valence-corrected chi connectivity index (χ2v) is 14.2. The van der Waals surface area contributed by atoms with Gasteiger partial charge in [0.05, 0.1) is 50.4 Å². The third-order valence-electron chi connectivity index (χ3n) is 10.7. The summed E-state index contributed by atoms with van der Waals surface area (Å²) in [5.41, 5.74) is 14.7. The number of benzene rings is 6. The molecule has 56 heavy (non-hydrogen) atoms. The zero-order valence-corrected chi connectivity index (χ0v) is 30.1. The van der Waals surface area contributed by atoms with Crippen LogP contribution in [0.1, 0.15) is 0 Å². The molecule has 0 atom stereocenters. The molecule has 0 saturated carbocycles. The molecule has 11 rings (SSSR count). The average Bonchev–Trinajstić information content (AvgIpc) is 3.28. The molecule has 0 bridgehead atoms. The third-order valence-corrected chi connectivity index (χ3v) is 10.7. The molecule has 5 nitrogen and oxygen atoms in total. The third kappa shape index (κ3) is 5.70. The molecule has 6 aromatic carbocycles. The van der Waals surface area contributed by atoms with Gasteiger partial charge in [-0.1, -0.05) is 133 Å². The predicted molar refractivity (Wildman–Crippen MR) is 230 cm³/mol. The van der Waals surface area contributed by atoms with E-state index in [4.69, 9.17) is 19.9 Å². The molecule has 0 spiro atoms. The Kier molecular flexibility index (Phi) is 7.42. The lowest BCUT2D eigenvalue weighted by Crippen LogP contribution is -1.91. The lowest BCUT2D eigenvalue weighted by Gasteiger charge is -2.10. The van der Waals surface area contributed by atoms with Crippen LogP contribution in [0.25, 0.3) is 111 Å². The Morgan fingerprint density at radius 1 is 0.250 bits per heavy atom. The minimum Gasteiger partial charge on any atom is -0.256 e. The number of hydrogen-bond donors (Lipinski definition) is 0. The summed E-state index contributed by atoms with van der Waals surface area (Å²) in [4.78, 5) is 25.1. The lowest BCUT2D eigenvalue weighted by atomic mass is 10.0. The Morgan fingerprint density at radius 3 is 1.27 bits per heavy atom. The van der Waals surface area contributed by atoms with E-state index in [-0.39, 0.29) is 0 Å². The first-order valence-electron chi connectivity index (χ1n) is 18.7. The Bertz CT molecular complexity index is 3300. The number of hydrogen-bond acceptors (Lipinski definition) is 5. The molecule has 0 radical (unpaired) electrons. The molecule has 5 heterocycles. The van der Waals surface area contributed by atoms with Gasteiger partial charge in [0.15, 0.2) is 0 Å². The van der Waals surface area contributed by atoms with E-state index in [1.807, 2.05) is 42.6 Å². The van der Waals surface area contributed by atoms with Gasteiger partial charge in [-0.15, -0.1) is 0 Å². The summed E-state index contributed by atoms with van der Waals surface area (Å²) >= 11 is 0. The summed E-state index contributed by atoms with van der Waals surface area (Å²) in [6, 6.07) is 63.2. The van der Waals surface area contributed by atoms with Gasteiger partial charge in [-0.25, -0.2) is 19.9 Å². The average molecular weight is 714 g/mol. The maximum absolute atomic E-state index is 5.15.